The van der Waals surface area contributed by atoms with Gasteiger partial charge in [0.15, 0.2) is 11.5 Å². The van der Waals surface area contributed by atoms with E-state index in [0.29, 0.717) is 30.2 Å². The zero-order chi connectivity index (χ0) is 15.8. The number of hydrogen-bond acceptors (Lipinski definition) is 4. The number of carbonyl (C=O) groups is 2. The molecule has 1 aliphatic heterocycles. The first-order chi connectivity index (χ1) is 11.2. The fourth-order valence-electron chi connectivity index (χ4n) is 2.93. The van der Waals surface area contributed by atoms with Crippen molar-refractivity contribution in [3.63, 3.8) is 0 Å². The number of oxazole rings is 1. The third-order valence-corrected chi connectivity index (χ3v) is 4.37. The molecule has 2 aromatic rings. The zero-order valence-corrected chi connectivity index (χ0v) is 12.9. The molecule has 120 valence electrons. The number of fused-ring (bicyclic) bond motifs is 1. The average molecular weight is 313 g/mol. The summed E-state index contributed by atoms with van der Waals surface area (Å²) >= 11 is 0. The molecular formula is C17H19N3O3. The van der Waals surface area contributed by atoms with E-state index in [0.717, 1.165) is 37.1 Å². The minimum absolute atomic E-state index is 0.0613. The number of nitrogens with one attached hydrogen (secondary N) is 1. The van der Waals surface area contributed by atoms with Gasteiger partial charge < -0.3 is 14.6 Å². The van der Waals surface area contributed by atoms with Crippen LogP contribution in [0.1, 0.15) is 43.9 Å². The molecule has 1 N–H and O–H groups in total. The molecule has 23 heavy (non-hydrogen) atoms. The monoisotopic (exact) mass is 313 g/mol. The third kappa shape index (κ3) is 3.06. The summed E-state index contributed by atoms with van der Waals surface area (Å²) in [7, 11) is 0. The van der Waals surface area contributed by atoms with Crippen molar-refractivity contribution in [3.05, 3.63) is 24.1 Å². The molecule has 0 spiro atoms. The predicted octanol–water partition coefficient (Wildman–Crippen LogP) is 2.66. The molecule has 4 rings (SSSR count). The summed E-state index contributed by atoms with van der Waals surface area (Å²) in [5.74, 6) is 1.14. The van der Waals surface area contributed by atoms with Crippen LogP contribution in [0.2, 0.25) is 0 Å². The quantitative estimate of drug-likeness (QED) is 0.941. The second kappa shape index (κ2) is 5.68. The Kier molecular flexibility index (Phi) is 3.52. The van der Waals surface area contributed by atoms with Gasteiger partial charge in [-0.15, -0.1) is 0 Å². The van der Waals surface area contributed by atoms with Gasteiger partial charge in [-0.3, -0.25) is 9.59 Å². The lowest BCUT2D eigenvalue weighted by molar-refractivity contribution is -0.136. The number of likely N-dealkylation sites (tertiary alicyclic amines) is 1. The van der Waals surface area contributed by atoms with Crippen LogP contribution < -0.4 is 5.32 Å². The molecule has 2 amide bonds. The van der Waals surface area contributed by atoms with Crippen LogP contribution in [0.5, 0.6) is 0 Å². The van der Waals surface area contributed by atoms with Gasteiger partial charge in [-0.05, 0) is 37.8 Å². The molecule has 0 unspecified atom stereocenters. The summed E-state index contributed by atoms with van der Waals surface area (Å²) in [6, 6.07) is 5.47. The Bertz CT molecular complexity index is 764. The van der Waals surface area contributed by atoms with Crippen LogP contribution in [0.15, 0.2) is 22.6 Å². The van der Waals surface area contributed by atoms with Crippen LogP contribution in [0.4, 0.5) is 5.69 Å². The molecule has 6 heteroatoms. The number of rotatable bonds is 4. The van der Waals surface area contributed by atoms with Crippen LogP contribution in [0.3, 0.4) is 0 Å². The van der Waals surface area contributed by atoms with Gasteiger partial charge in [-0.1, -0.05) is 0 Å². The van der Waals surface area contributed by atoms with Gasteiger partial charge in [-0.2, -0.15) is 0 Å². The largest absolute Gasteiger partial charge is 0.440 e. The van der Waals surface area contributed by atoms with Crippen molar-refractivity contribution in [3.8, 4) is 0 Å². The molecule has 0 bridgehead atoms. The van der Waals surface area contributed by atoms with Crippen LogP contribution >= 0.6 is 0 Å². The Morgan fingerprint density at radius 2 is 2.22 bits per heavy atom. The minimum Gasteiger partial charge on any atom is -0.440 e. The van der Waals surface area contributed by atoms with Gasteiger partial charge in [0.2, 0.25) is 11.8 Å². The first kappa shape index (κ1) is 14.2. The van der Waals surface area contributed by atoms with Gasteiger partial charge in [0.25, 0.3) is 0 Å². The highest BCUT2D eigenvalue weighted by atomic mass is 16.3. The molecular weight excluding hydrogens is 294 g/mol. The van der Waals surface area contributed by atoms with Crippen molar-refractivity contribution in [2.24, 2.45) is 0 Å². The van der Waals surface area contributed by atoms with Gasteiger partial charge in [0.1, 0.15) is 5.52 Å². The van der Waals surface area contributed by atoms with E-state index in [2.05, 4.69) is 10.3 Å². The van der Waals surface area contributed by atoms with Crippen molar-refractivity contribution in [1.29, 1.82) is 0 Å². The maximum atomic E-state index is 12.1. The molecule has 0 radical (unpaired) electrons. The first-order valence-corrected chi connectivity index (χ1v) is 8.17. The van der Waals surface area contributed by atoms with Crippen molar-refractivity contribution in [2.75, 3.05) is 18.4 Å². The Hall–Kier alpha value is -2.37. The number of piperidine rings is 1. The van der Waals surface area contributed by atoms with E-state index in [1.54, 1.807) is 11.0 Å². The number of anilines is 1. The molecule has 1 saturated carbocycles. The Morgan fingerprint density at radius 1 is 1.35 bits per heavy atom. The normalized spacial score (nSPS) is 18.4. The lowest BCUT2D eigenvalue weighted by Crippen LogP contribution is -2.40. The average Bonchev–Trinajstić information content (AvgIpc) is 3.29. The Morgan fingerprint density at radius 3 is 3.00 bits per heavy atom. The zero-order valence-electron chi connectivity index (χ0n) is 12.9. The SMILES string of the molecule is O=C(CN1CCCCC1=O)Nc1ccc2nc(C3CC3)oc2c1. The molecule has 0 atom stereocenters. The van der Waals surface area contributed by atoms with Crippen LogP contribution in [0, 0.1) is 0 Å². The second-order valence-corrected chi connectivity index (χ2v) is 6.33. The van der Waals surface area contributed by atoms with E-state index in [-0.39, 0.29) is 18.4 Å². The molecule has 1 aromatic heterocycles. The lowest BCUT2D eigenvalue weighted by Gasteiger charge is -2.25. The van der Waals surface area contributed by atoms with Crippen LogP contribution in [0.25, 0.3) is 11.1 Å². The smallest absolute Gasteiger partial charge is 0.243 e. The lowest BCUT2D eigenvalue weighted by atomic mass is 10.1. The first-order valence-electron chi connectivity index (χ1n) is 8.17. The second-order valence-electron chi connectivity index (χ2n) is 6.33. The fraction of sp³-hybridized carbons (Fsp3) is 0.471. The molecule has 2 heterocycles. The van der Waals surface area contributed by atoms with E-state index in [9.17, 15) is 9.59 Å². The number of amides is 2. The Balaban J connectivity index is 1.44. The summed E-state index contributed by atoms with van der Waals surface area (Å²) in [6.07, 6.45) is 4.71. The maximum Gasteiger partial charge on any atom is 0.243 e. The van der Waals surface area contributed by atoms with E-state index < -0.39 is 0 Å². The number of benzene rings is 1. The van der Waals surface area contributed by atoms with Gasteiger partial charge in [-0.25, -0.2) is 4.98 Å². The topological polar surface area (TPSA) is 75.4 Å². The highest BCUT2D eigenvalue weighted by Gasteiger charge is 2.29. The van der Waals surface area contributed by atoms with E-state index in [1.165, 1.54) is 0 Å². The summed E-state index contributed by atoms with van der Waals surface area (Å²) in [5, 5.41) is 2.84. The Labute approximate surface area is 133 Å². The number of hydrogen-bond donors (Lipinski definition) is 1. The number of carbonyl (C=O) groups excluding carboxylic acids is 2. The summed E-state index contributed by atoms with van der Waals surface area (Å²) in [6.45, 7) is 0.777. The van der Waals surface area contributed by atoms with Gasteiger partial charge >= 0.3 is 0 Å². The maximum absolute atomic E-state index is 12.1. The fourth-order valence-corrected chi connectivity index (χ4v) is 2.93. The summed E-state index contributed by atoms with van der Waals surface area (Å²) < 4.78 is 5.75. The highest BCUT2D eigenvalue weighted by Crippen LogP contribution is 2.40. The standard InChI is InChI=1S/C17H19N3O3/c21-15(10-20-8-2-1-3-16(20)22)18-12-6-7-13-14(9-12)23-17(19-13)11-4-5-11/h6-7,9,11H,1-5,8,10H2,(H,18,21). The summed E-state index contributed by atoms with van der Waals surface area (Å²) in [5.41, 5.74) is 2.18. The number of nitrogens with zero attached hydrogens (tertiary/aromatic N) is 2. The van der Waals surface area contributed by atoms with Crippen LogP contribution in [-0.2, 0) is 9.59 Å². The molecule has 2 aliphatic rings. The highest BCUT2D eigenvalue weighted by molar-refractivity contribution is 5.96. The van der Waals surface area contributed by atoms with E-state index >= 15 is 0 Å². The minimum atomic E-state index is -0.179. The predicted molar refractivity (Wildman–Crippen MR) is 85.0 cm³/mol. The van der Waals surface area contributed by atoms with Crippen molar-refractivity contribution >= 4 is 28.6 Å². The molecule has 1 aliphatic carbocycles. The van der Waals surface area contributed by atoms with Crippen molar-refractivity contribution in [2.45, 2.75) is 38.0 Å². The van der Waals surface area contributed by atoms with Crippen LogP contribution in [-0.4, -0.2) is 34.8 Å². The van der Waals surface area contributed by atoms with E-state index in [1.807, 2.05) is 12.1 Å². The molecule has 6 nitrogen and oxygen atoms in total. The number of aromatic nitrogens is 1. The van der Waals surface area contributed by atoms with Crippen molar-refractivity contribution < 1.29 is 14.0 Å². The summed E-state index contributed by atoms with van der Waals surface area (Å²) in [4.78, 5) is 30.0. The molecule has 1 aromatic carbocycles. The molecule has 1 saturated heterocycles. The van der Waals surface area contributed by atoms with Gasteiger partial charge in [0.05, 0.1) is 6.54 Å². The van der Waals surface area contributed by atoms with Gasteiger partial charge in [0, 0.05) is 30.6 Å². The third-order valence-electron chi connectivity index (χ3n) is 4.37. The van der Waals surface area contributed by atoms with Crippen molar-refractivity contribution in [1.82, 2.24) is 9.88 Å². The van der Waals surface area contributed by atoms with E-state index in [4.69, 9.17) is 4.42 Å². The molecule has 2 fully saturated rings.